The van der Waals surface area contributed by atoms with Gasteiger partial charge in [-0.3, -0.25) is 14.5 Å². The molecule has 1 aromatic heterocycles. The average Bonchev–Trinajstić information content (AvgIpc) is 3.19. The van der Waals surface area contributed by atoms with E-state index >= 15 is 0 Å². The molecule has 1 atom stereocenters. The quantitative estimate of drug-likeness (QED) is 0.189. The molecule has 11 heteroatoms. The van der Waals surface area contributed by atoms with E-state index in [0.29, 0.717) is 65.2 Å². The molecule has 2 aliphatic heterocycles. The molecule has 0 saturated carbocycles. The second kappa shape index (κ2) is 16.1. The summed E-state index contributed by atoms with van der Waals surface area (Å²) in [5.41, 5.74) is 3.61. The number of rotatable bonds is 13. The van der Waals surface area contributed by atoms with E-state index in [9.17, 15) is 4.79 Å². The molecule has 0 aliphatic carbocycles. The number of hydrogen-bond acceptors (Lipinski definition) is 8. The Morgan fingerprint density at radius 2 is 1.72 bits per heavy atom. The van der Waals surface area contributed by atoms with Gasteiger partial charge in [-0.1, -0.05) is 48.7 Å². The highest BCUT2D eigenvalue weighted by Crippen LogP contribution is 2.36. The number of hydrogen-bond donors (Lipinski definition) is 1. The second-order valence-corrected chi connectivity index (χ2v) is 12.7. The molecule has 1 fully saturated rings. The van der Waals surface area contributed by atoms with Crippen molar-refractivity contribution in [3.63, 3.8) is 0 Å². The van der Waals surface area contributed by atoms with E-state index in [4.69, 9.17) is 37.8 Å². The topological polar surface area (TPSA) is 83.1 Å². The highest BCUT2D eigenvalue weighted by molar-refractivity contribution is 6.41. The van der Waals surface area contributed by atoms with Crippen LogP contribution in [-0.2, 0) is 20.8 Å². The van der Waals surface area contributed by atoms with E-state index in [-0.39, 0.29) is 11.8 Å². The Hall–Kier alpha value is -3.21. The van der Waals surface area contributed by atoms with Crippen molar-refractivity contribution in [1.82, 2.24) is 14.9 Å². The highest BCUT2D eigenvalue weighted by Gasteiger charge is 2.32. The fraction of sp³-hybridized carbons (Fsp3) is 0.457. The van der Waals surface area contributed by atoms with Crippen molar-refractivity contribution < 1.29 is 14.4 Å². The molecule has 1 amide bonds. The Kier molecular flexibility index (Phi) is 11.9. The van der Waals surface area contributed by atoms with Crippen LogP contribution in [0.1, 0.15) is 51.7 Å². The largest absolute Gasteiger partial charge is 0.382 e. The van der Waals surface area contributed by atoms with Crippen LogP contribution in [0.15, 0.2) is 54.7 Å². The van der Waals surface area contributed by atoms with Gasteiger partial charge in [-0.2, -0.15) is 10.0 Å². The Labute approximate surface area is 282 Å². The maximum atomic E-state index is 14.2. The van der Waals surface area contributed by atoms with Crippen molar-refractivity contribution in [2.75, 3.05) is 61.3 Å². The number of aromatic nitrogens is 2. The maximum absolute atomic E-state index is 14.2. The number of carbonyl (C=O) groups is 1. The zero-order valence-corrected chi connectivity index (χ0v) is 28.7. The first-order valence-electron chi connectivity index (χ1n) is 16.2. The lowest BCUT2D eigenvalue weighted by molar-refractivity contribution is -0.121. The van der Waals surface area contributed by atoms with Gasteiger partial charge < -0.3 is 15.0 Å². The fourth-order valence-electron chi connectivity index (χ4n) is 5.73. The molecule has 5 rings (SSSR count). The van der Waals surface area contributed by atoms with Crippen molar-refractivity contribution in [2.24, 2.45) is 5.92 Å². The van der Waals surface area contributed by atoms with Gasteiger partial charge in [0.05, 0.1) is 16.7 Å². The molecule has 3 aromatic rings. The number of fused-ring (bicyclic) bond motifs is 1. The summed E-state index contributed by atoms with van der Waals surface area (Å²) in [4.78, 5) is 34.8. The molecule has 1 N–H and O–H groups in total. The normalized spacial score (nSPS) is 16.3. The lowest BCUT2D eigenvalue weighted by Gasteiger charge is -2.38. The van der Waals surface area contributed by atoms with Crippen LogP contribution in [0.5, 0.6) is 0 Å². The molecule has 46 heavy (non-hydrogen) atoms. The molecule has 2 aliphatic rings. The lowest BCUT2D eigenvalue weighted by Crippen LogP contribution is -2.48. The first-order valence-corrected chi connectivity index (χ1v) is 17.0. The minimum absolute atomic E-state index is 0.189. The Bertz CT molecular complexity index is 1490. The Morgan fingerprint density at radius 3 is 2.37 bits per heavy atom. The van der Waals surface area contributed by atoms with Gasteiger partial charge in [0.1, 0.15) is 0 Å². The van der Waals surface area contributed by atoms with Gasteiger partial charge in [0.15, 0.2) is 5.82 Å². The number of carbonyl (C=O) groups excluding carboxylic acids is 1. The third-order valence-corrected chi connectivity index (χ3v) is 9.26. The van der Waals surface area contributed by atoms with E-state index in [2.05, 4.69) is 53.0 Å². The summed E-state index contributed by atoms with van der Waals surface area (Å²) in [6.45, 7) is 14.3. The number of benzene rings is 2. The Balaban J connectivity index is 1.37. The molecule has 0 radical (unpaired) electrons. The van der Waals surface area contributed by atoms with E-state index in [1.54, 1.807) is 24.4 Å². The first-order chi connectivity index (χ1) is 22.3. The molecule has 0 spiro atoms. The van der Waals surface area contributed by atoms with E-state index in [1.165, 1.54) is 10.8 Å². The van der Waals surface area contributed by atoms with Gasteiger partial charge in [0.2, 0.25) is 5.95 Å². The summed E-state index contributed by atoms with van der Waals surface area (Å²) in [7, 11) is 0. The third kappa shape index (κ3) is 8.19. The molecule has 1 saturated heterocycles. The molecule has 3 heterocycles. The monoisotopic (exact) mass is 666 g/mol. The standard InChI is InChI=1S/C35H44Cl2N6O3/c1-5-25(16-21-45-6-2)23-46-43-33-26(10-15-29(34(43)44)32-30(36)8-7-9-31(32)37)22-38-35(40-33)39-27-11-13-28(14-12-27)42-19-17-41(18-20-42)24(3)4/h7-9,11-15,22,24-25H,5-6,10,16-21,23H2,1-4H3,(H,38,39,40). The number of allylic oxidation sites excluding steroid dienone is 1. The van der Waals surface area contributed by atoms with Gasteiger partial charge in [-0.15, -0.1) is 0 Å². The number of anilines is 4. The number of nitrogens with one attached hydrogen (secondary N) is 1. The van der Waals surface area contributed by atoms with Crippen molar-refractivity contribution in [3.05, 3.63) is 75.9 Å². The minimum Gasteiger partial charge on any atom is -0.382 e. The third-order valence-electron chi connectivity index (χ3n) is 8.63. The number of hydroxylamine groups is 1. The zero-order chi connectivity index (χ0) is 32.6. The van der Waals surface area contributed by atoms with Gasteiger partial charge in [-0.05, 0) is 75.9 Å². The van der Waals surface area contributed by atoms with Gasteiger partial charge >= 0.3 is 0 Å². The molecule has 2 aromatic carbocycles. The van der Waals surface area contributed by atoms with Crippen LogP contribution >= 0.6 is 23.2 Å². The summed E-state index contributed by atoms with van der Waals surface area (Å²) in [6.07, 6.45) is 5.65. The molecule has 1 unspecified atom stereocenters. The summed E-state index contributed by atoms with van der Waals surface area (Å²) in [5.74, 6) is 0.547. The minimum atomic E-state index is -0.389. The predicted octanol–water partition coefficient (Wildman–Crippen LogP) is 7.41. The molecule has 246 valence electrons. The van der Waals surface area contributed by atoms with E-state index < -0.39 is 0 Å². The van der Waals surface area contributed by atoms with Crippen LogP contribution in [-0.4, -0.2) is 72.8 Å². The van der Waals surface area contributed by atoms with Gasteiger partial charge in [-0.25, -0.2) is 4.98 Å². The Morgan fingerprint density at radius 1 is 1.00 bits per heavy atom. The molecule has 0 bridgehead atoms. The second-order valence-electron chi connectivity index (χ2n) is 11.9. The molecule has 9 nitrogen and oxygen atoms in total. The van der Waals surface area contributed by atoms with Crippen LogP contribution < -0.4 is 15.3 Å². The number of ether oxygens (including phenoxy) is 1. The van der Waals surface area contributed by atoms with E-state index in [0.717, 1.165) is 50.3 Å². The highest BCUT2D eigenvalue weighted by atomic mass is 35.5. The van der Waals surface area contributed by atoms with E-state index in [1.807, 2.05) is 25.1 Å². The molecular weight excluding hydrogens is 623 g/mol. The average molecular weight is 668 g/mol. The first kappa shape index (κ1) is 34.1. The predicted molar refractivity (Wildman–Crippen MR) is 187 cm³/mol. The van der Waals surface area contributed by atoms with Crippen LogP contribution in [0, 0.1) is 5.92 Å². The van der Waals surface area contributed by atoms with Crippen molar-refractivity contribution in [3.8, 4) is 0 Å². The number of piperazine rings is 1. The van der Waals surface area contributed by atoms with Crippen molar-refractivity contribution in [1.29, 1.82) is 0 Å². The van der Waals surface area contributed by atoms with Gasteiger partial charge in [0, 0.05) is 79.7 Å². The van der Waals surface area contributed by atoms with Crippen LogP contribution in [0.4, 0.5) is 23.1 Å². The van der Waals surface area contributed by atoms with Crippen LogP contribution in [0.25, 0.3) is 5.57 Å². The summed E-state index contributed by atoms with van der Waals surface area (Å²) in [5, 5.41) is 5.37. The van der Waals surface area contributed by atoms with Crippen LogP contribution in [0.3, 0.4) is 0 Å². The number of nitrogens with zero attached hydrogens (tertiary/aromatic N) is 5. The lowest BCUT2D eigenvalue weighted by atomic mass is 10.0. The zero-order valence-electron chi connectivity index (χ0n) is 27.1. The summed E-state index contributed by atoms with van der Waals surface area (Å²) < 4.78 is 5.58. The van der Waals surface area contributed by atoms with Crippen LogP contribution in [0.2, 0.25) is 10.0 Å². The summed E-state index contributed by atoms with van der Waals surface area (Å²) >= 11 is 13.1. The summed E-state index contributed by atoms with van der Waals surface area (Å²) in [6, 6.07) is 14.1. The smallest absolute Gasteiger partial charge is 0.284 e. The number of halogens is 2. The van der Waals surface area contributed by atoms with Crippen molar-refractivity contribution in [2.45, 2.75) is 53.0 Å². The maximum Gasteiger partial charge on any atom is 0.284 e. The van der Waals surface area contributed by atoms with Gasteiger partial charge in [0.25, 0.3) is 5.91 Å². The van der Waals surface area contributed by atoms with Crippen molar-refractivity contribution >= 4 is 57.8 Å². The number of amides is 1. The molecular formula is C35H44Cl2N6O3. The fourth-order valence-corrected chi connectivity index (χ4v) is 6.33. The SMILES string of the molecule is CCOCCC(CC)CON1C(=O)C(c2c(Cl)cccc2Cl)=CCc2cnc(Nc3ccc(N4CCN(C(C)C)CC4)cc3)nc21.